The monoisotopic (exact) mass is 435 g/mol. The Kier molecular flexibility index (Phi) is 7.04. The molecule has 0 spiro atoms. The van der Waals surface area contributed by atoms with Gasteiger partial charge in [-0.05, 0) is 30.0 Å². The van der Waals surface area contributed by atoms with E-state index < -0.39 is 35.8 Å². The number of ketones is 1. The molecule has 1 heterocycles. The Bertz CT molecular complexity index is 1040. The molecule has 1 unspecified atom stereocenters. The zero-order chi connectivity index (χ0) is 23.3. The van der Waals surface area contributed by atoms with E-state index in [2.05, 4.69) is 22.8 Å². The minimum atomic E-state index is -1.34. The lowest BCUT2D eigenvalue weighted by atomic mass is 9.99. The first-order valence-corrected chi connectivity index (χ1v) is 10.1. The van der Waals surface area contributed by atoms with Crippen LogP contribution in [0.5, 0.6) is 0 Å². The number of carboxylic acids is 1. The molecule has 0 fully saturated rings. The zero-order valence-corrected chi connectivity index (χ0v) is 17.9. The summed E-state index contributed by atoms with van der Waals surface area (Å²) in [6.45, 7) is 2.03. The maximum Gasteiger partial charge on any atom is 0.316 e. The highest BCUT2D eigenvalue weighted by Crippen LogP contribution is 2.19. The van der Waals surface area contributed by atoms with E-state index in [1.165, 1.54) is 29.8 Å². The highest BCUT2D eigenvalue weighted by Gasteiger charge is 2.32. The Morgan fingerprint density at radius 2 is 1.62 bits per heavy atom. The summed E-state index contributed by atoms with van der Waals surface area (Å²) in [5, 5.41) is 14.2. The number of aryl methyl sites for hydroxylation is 1. The number of hydrogen-bond acceptors (Lipinski definition) is 4. The van der Waals surface area contributed by atoms with E-state index in [-0.39, 0.29) is 6.42 Å². The number of amides is 3. The molecule has 2 aromatic rings. The number of nitrogens with one attached hydrogen (secondary N) is 2. The molecule has 8 heteroatoms. The average molecular weight is 435 g/mol. The van der Waals surface area contributed by atoms with Gasteiger partial charge in [0.25, 0.3) is 5.91 Å². The molecule has 2 aromatic carbocycles. The third kappa shape index (κ3) is 5.81. The molecular formula is C24H25N3O5. The first kappa shape index (κ1) is 22.7. The number of carboxylic acid groups (broad SMARTS) is 1. The number of urea groups is 1. The fourth-order valence-corrected chi connectivity index (χ4v) is 3.38. The van der Waals surface area contributed by atoms with Crippen LogP contribution < -0.4 is 10.6 Å². The van der Waals surface area contributed by atoms with Gasteiger partial charge in [0, 0.05) is 19.3 Å². The van der Waals surface area contributed by atoms with Gasteiger partial charge in [0.2, 0.25) is 0 Å². The number of likely N-dealkylation sites (N-methyl/N-ethyl adjacent to an activating group) is 1. The van der Waals surface area contributed by atoms with Gasteiger partial charge in [-0.25, -0.2) is 4.79 Å². The van der Waals surface area contributed by atoms with Crippen molar-refractivity contribution in [1.82, 2.24) is 15.5 Å². The number of hydrogen-bond donors (Lipinski definition) is 3. The molecule has 0 bridgehead atoms. The molecule has 2 atom stereocenters. The number of rotatable bonds is 7. The quantitative estimate of drug-likeness (QED) is 0.578. The molecule has 8 nitrogen and oxygen atoms in total. The lowest BCUT2D eigenvalue weighted by Crippen LogP contribution is -2.55. The van der Waals surface area contributed by atoms with E-state index in [1.54, 1.807) is 12.1 Å². The van der Waals surface area contributed by atoms with Gasteiger partial charge in [-0.2, -0.15) is 0 Å². The fraction of sp³-hybridized carbons (Fsp3) is 0.250. The van der Waals surface area contributed by atoms with Crippen LogP contribution in [0.1, 0.15) is 34.7 Å². The van der Waals surface area contributed by atoms with Gasteiger partial charge in [0.05, 0.1) is 12.5 Å². The fourth-order valence-electron chi connectivity index (χ4n) is 3.38. The molecule has 3 amide bonds. The maximum atomic E-state index is 12.4. The van der Waals surface area contributed by atoms with Crippen LogP contribution in [0.4, 0.5) is 4.79 Å². The standard InChI is InChI=1S/C24H25N3O5/c1-15-3-5-16(6-4-15)13-17-7-9-18(10-8-17)19(14-21(29)30)25-24(32)26-22-20(28)11-12-27(2)23(22)31/h3-12,19,22H,13-14H2,1-2H3,(H,29,30)(H2,25,26,32)/t19-,22?/m0/s1. The summed E-state index contributed by atoms with van der Waals surface area (Å²) < 4.78 is 0. The van der Waals surface area contributed by atoms with Crippen molar-refractivity contribution in [2.24, 2.45) is 0 Å². The van der Waals surface area contributed by atoms with E-state index in [1.807, 2.05) is 31.2 Å². The predicted octanol–water partition coefficient (Wildman–Crippen LogP) is 2.32. The third-order valence-electron chi connectivity index (χ3n) is 5.21. The van der Waals surface area contributed by atoms with Crippen LogP contribution in [0, 0.1) is 6.92 Å². The van der Waals surface area contributed by atoms with Crippen LogP contribution in [0.25, 0.3) is 0 Å². The van der Waals surface area contributed by atoms with Crippen LogP contribution in [0.2, 0.25) is 0 Å². The van der Waals surface area contributed by atoms with E-state index in [9.17, 15) is 24.3 Å². The van der Waals surface area contributed by atoms with Crippen molar-refractivity contribution in [2.45, 2.75) is 31.8 Å². The Morgan fingerprint density at radius 3 is 2.22 bits per heavy atom. The highest BCUT2D eigenvalue weighted by atomic mass is 16.4. The number of benzene rings is 2. The molecule has 166 valence electrons. The maximum absolute atomic E-state index is 12.4. The van der Waals surface area contributed by atoms with Crippen LogP contribution in [-0.4, -0.2) is 46.8 Å². The Morgan fingerprint density at radius 1 is 1.03 bits per heavy atom. The van der Waals surface area contributed by atoms with Crippen LogP contribution in [-0.2, 0) is 20.8 Å². The van der Waals surface area contributed by atoms with Gasteiger partial charge in [-0.3, -0.25) is 14.4 Å². The van der Waals surface area contributed by atoms with Crippen LogP contribution in [0.15, 0.2) is 60.8 Å². The van der Waals surface area contributed by atoms with Gasteiger partial charge < -0.3 is 20.6 Å². The minimum Gasteiger partial charge on any atom is -0.481 e. The number of carbonyl (C=O) groups is 4. The van der Waals surface area contributed by atoms with Crippen molar-refractivity contribution in [3.63, 3.8) is 0 Å². The molecule has 1 aliphatic heterocycles. The summed E-state index contributed by atoms with van der Waals surface area (Å²) in [7, 11) is 1.48. The summed E-state index contributed by atoms with van der Waals surface area (Å²) in [4.78, 5) is 49.1. The molecule has 3 N–H and O–H groups in total. The van der Waals surface area contributed by atoms with Gasteiger partial charge in [-0.15, -0.1) is 0 Å². The van der Waals surface area contributed by atoms with Crippen molar-refractivity contribution in [3.8, 4) is 0 Å². The average Bonchev–Trinajstić information content (AvgIpc) is 2.75. The largest absolute Gasteiger partial charge is 0.481 e. The third-order valence-corrected chi connectivity index (χ3v) is 5.21. The first-order valence-electron chi connectivity index (χ1n) is 10.1. The molecular weight excluding hydrogens is 410 g/mol. The Hall–Kier alpha value is -3.94. The topological polar surface area (TPSA) is 116 Å². The smallest absolute Gasteiger partial charge is 0.316 e. The summed E-state index contributed by atoms with van der Waals surface area (Å²) in [5.74, 6) is -2.20. The summed E-state index contributed by atoms with van der Waals surface area (Å²) in [5.41, 5.74) is 3.99. The molecule has 0 aromatic heterocycles. The summed E-state index contributed by atoms with van der Waals surface area (Å²) in [6.07, 6.45) is 2.90. The molecule has 0 radical (unpaired) electrons. The number of aliphatic carboxylic acids is 1. The van der Waals surface area contributed by atoms with Crippen LogP contribution >= 0.6 is 0 Å². The normalized spacial score (nSPS) is 16.6. The van der Waals surface area contributed by atoms with E-state index in [4.69, 9.17) is 0 Å². The van der Waals surface area contributed by atoms with E-state index in [0.717, 1.165) is 17.5 Å². The molecule has 1 aliphatic rings. The predicted molar refractivity (Wildman–Crippen MR) is 118 cm³/mol. The first-order chi connectivity index (χ1) is 15.2. The molecule has 0 saturated heterocycles. The van der Waals surface area contributed by atoms with Crippen molar-refractivity contribution in [2.75, 3.05) is 7.05 Å². The number of carbonyl (C=O) groups excluding carboxylic acids is 3. The van der Waals surface area contributed by atoms with Crippen molar-refractivity contribution < 1.29 is 24.3 Å². The van der Waals surface area contributed by atoms with Crippen molar-refractivity contribution >= 4 is 23.7 Å². The van der Waals surface area contributed by atoms with Gasteiger partial charge in [0.1, 0.15) is 0 Å². The Balaban J connectivity index is 1.69. The van der Waals surface area contributed by atoms with Crippen molar-refractivity contribution in [3.05, 3.63) is 83.1 Å². The second kappa shape index (κ2) is 9.91. The lowest BCUT2D eigenvalue weighted by Gasteiger charge is -2.25. The summed E-state index contributed by atoms with van der Waals surface area (Å²) in [6, 6.07) is 12.6. The highest BCUT2D eigenvalue weighted by molar-refractivity contribution is 6.14. The molecule has 32 heavy (non-hydrogen) atoms. The van der Waals surface area contributed by atoms with E-state index >= 15 is 0 Å². The Labute approximate surface area is 185 Å². The molecule has 3 rings (SSSR count). The summed E-state index contributed by atoms with van der Waals surface area (Å²) >= 11 is 0. The van der Waals surface area contributed by atoms with Gasteiger partial charge >= 0.3 is 12.0 Å². The van der Waals surface area contributed by atoms with Gasteiger partial charge in [-0.1, -0.05) is 54.1 Å². The molecule has 0 aliphatic carbocycles. The minimum absolute atomic E-state index is 0.350. The lowest BCUT2D eigenvalue weighted by molar-refractivity contribution is -0.138. The second-order valence-corrected chi connectivity index (χ2v) is 7.77. The van der Waals surface area contributed by atoms with Crippen molar-refractivity contribution in [1.29, 1.82) is 0 Å². The zero-order valence-electron chi connectivity index (χ0n) is 17.9. The van der Waals surface area contributed by atoms with E-state index in [0.29, 0.717) is 5.56 Å². The number of nitrogens with zero attached hydrogens (tertiary/aromatic N) is 1. The molecule has 0 saturated carbocycles. The second-order valence-electron chi connectivity index (χ2n) is 7.77. The van der Waals surface area contributed by atoms with Gasteiger partial charge in [0.15, 0.2) is 11.8 Å². The van der Waals surface area contributed by atoms with Crippen LogP contribution in [0.3, 0.4) is 0 Å². The SMILES string of the molecule is Cc1ccc(Cc2ccc([C@H](CC(=O)O)NC(=O)NC3C(=O)C=CN(C)C3=O)cc2)cc1.